The van der Waals surface area contributed by atoms with E-state index in [0.29, 0.717) is 12.1 Å². The standard InChI is InChI=1S/C15H15NO3S/c1-10-3-5-13(6-4-10)20(18,19)16-8-7-12-9-11(2)15(17)14(12)16/h3-8,11H,9H2,1-2H3/t11-/m0/s1. The van der Waals surface area contributed by atoms with Gasteiger partial charge >= 0.3 is 0 Å². The maximum Gasteiger partial charge on any atom is 0.268 e. The van der Waals surface area contributed by atoms with E-state index < -0.39 is 10.0 Å². The smallest absolute Gasteiger partial charge is 0.268 e. The summed E-state index contributed by atoms with van der Waals surface area (Å²) in [7, 11) is -3.70. The van der Waals surface area contributed by atoms with Gasteiger partial charge in [-0.25, -0.2) is 12.4 Å². The highest BCUT2D eigenvalue weighted by atomic mass is 32.2. The van der Waals surface area contributed by atoms with Crippen LogP contribution in [0.1, 0.15) is 28.5 Å². The van der Waals surface area contributed by atoms with Gasteiger partial charge in [0.25, 0.3) is 10.0 Å². The Kier molecular flexibility index (Phi) is 2.83. The minimum absolute atomic E-state index is 0.0966. The molecule has 0 bridgehead atoms. The van der Waals surface area contributed by atoms with Gasteiger partial charge in [0.2, 0.25) is 0 Å². The molecule has 0 aliphatic heterocycles. The molecule has 1 aromatic heterocycles. The van der Waals surface area contributed by atoms with Crippen molar-refractivity contribution in [2.45, 2.75) is 25.2 Å². The van der Waals surface area contributed by atoms with E-state index in [-0.39, 0.29) is 16.6 Å². The van der Waals surface area contributed by atoms with Crippen LogP contribution in [0, 0.1) is 12.8 Å². The summed E-state index contributed by atoms with van der Waals surface area (Å²) >= 11 is 0. The highest BCUT2D eigenvalue weighted by Gasteiger charge is 2.34. The van der Waals surface area contributed by atoms with E-state index in [1.807, 2.05) is 13.8 Å². The molecule has 0 saturated heterocycles. The van der Waals surface area contributed by atoms with Crippen LogP contribution in [0.2, 0.25) is 0 Å². The number of benzene rings is 1. The van der Waals surface area contributed by atoms with E-state index in [4.69, 9.17) is 0 Å². The van der Waals surface area contributed by atoms with Crippen molar-refractivity contribution in [1.82, 2.24) is 3.97 Å². The summed E-state index contributed by atoms with van der Waals surface area (Å²) in [6, 6.07) is 8.37. The van der Waals surface area contributed by atoms with Crippen molar-refractivity contribution in [2.75, 3.05) is 0 Å². The van der Waals surface area contributed by atoms with E-state index in [2.05, 4.69) is 0 Å². The van der Waals surface area contributed by atoms with Crippen LogP contribution in [0.15, 0.2) is 41.4 Å². The van der Waals surface area contributed by atoms with Crippen molar-refractivity contribution >= 4 is 15.8 Å². The zero-order chi connectivity index (χ0) is 14.5. The Morgan fingerprint density at radius 3 is 2.45 bits per heavy atom. The van der Waals surface area contributed by atoms with Gasteiger partial charge in [-0.3, -0.25) is 4.79 Å². The van der Waals surface area contributed by atoms with Gasteiger partial charge in [0.15, 0.2) is 5.78 Å². The number of hydrogen-bond acceptors (Lipinski definition) is 3. The summed E-state index contributed by atoms with van der Waals surface area (Å²) in [6.45, 7) is 3.72. The van der Waals surface area contributed by atoms with E-state index in [9.17, 15) is 13.2 Å². The molecule has 5 heteroatoms. The first-order valence-corrected chi connectivity index (χ1v) is 7.92. The Bertz CT molecular complexity index is 785. The number of Topliss-reactive ketones (excluding diaryl/α,β-unsaturated/α-hetero) is 1. The first kappa shape index (κ1) is 13.1. The molecule has 0 unspecified atom stereocenters. The molecular weight excluding hydrogens is 274 g/mol. The van der Waals surface area contributed by atoms with E-state index in [1.165, 1.54) is 6.20 Å². The lowest BCUT2D eigenvalue weighted by Gasteiger charge is -2.09. The summed E-state index contributed by atoms with van der Waals surface area (Å²) in [5.41, 5.74) is 2.13. The van der Waals surface area contributed by atoms with Crippen molar-refractivity contribution in [1.29, 1.82) is 0 Å². The maximum absolute atomic E-state index is 12.6. The first-order valence-electron chi connectivity index (χ1n) is 6.48. The molecule has 0 saturated carbocycles. The summed E-state index contributed by atoms with van der Waals surface area (Å²) in [5, 5.41) is 0. The summed E-state index contributed by atoms with van der Waals surface area (Å²) in [6.07, 6.45) is 2.09. The van der Waals surface area contributed by atoms with Crippen molar-refractivity contribution in [3.8, 4) is 0 Å². The van der Waals surface area contributed by atoms with Crippen LogP contribution in [0.5, 0.6) is 0 Å². The Balaban J connectivity index is 2.15. The third-order valence-corrected chi connectivity index (χ3v) is 5.41. The number of fused-ring (bicyclic) bond motifs is 1. The fourth-order valence-corrected chi connectivity index (χ4v) is 3.94. The molecule has 3 rings (SSSR count). The minimum Gasteiger partial charge on any atom is -0.292 e. The van der Waals surface area contributed by atoms with Crippen LogP contribution < -0.4 is 0 Å². The van der Waals surface area contributed by atoms with Gasteiger partial charge in [0.05, 0.1) is 4.90 Å². The molecule has 0 spiro atoms. The summed E-state index contributed by atoms with van der Waals surface area (Å²) in [5.74, 6) is -0.235. The van der Waals surface area contributed by atoms with E-state index in [0.717, 1.165) is 15.1 Å². The fraction of sp³-hybridized carbons (Fsp3) is 0.267. The fourth-order valence-electron chi connectivity index (χ4n) is 2.56. The maximum atomic E-state index is 12.6. The molecule has 20 heavy (non-hydrogen) atoms. The van der Waals surface area contributed by atoms with Crippen LogP contribution in [0.4, 0.5) is 0 Å². The zero-order valence-corrected chi connectivity index (χ0v) is 12.1. The van der Waals surface area contributed by atoms with Crippen molar-refractivity contribution in [2.24, 2.45) is 5.92 Å². The van der Waals surface area contributed by atoms with Gasteiger partial charge in [0, 0.05) is 12.1 Å². The molecule has 1 heterocycles. The lowest BCUT2D eigenvalue weighted by molar-refractivity contribution is 0.0940. The van der Waals surface area contributed by atoms with Crippen LogP contribution >= 0.6 is 0 Å². The number of carbonyl (C=O) groups excluding carboxylic acids is 1. The molecule has 4 nitrogen and oxygen atoms in total. The Morgan fingerprint density at radius 1 is 1.15 bits per heavy atom. The van der Waals surface area contributed by atoms with Gasteiger partial charge in [-0.2, -0.15) is 0 Å². The van der Waals surface area contributed by atoms with Crippen molar-refractivity contribution in [3.63, 3.8) is 0 Å². The van der Waals surface area contributed by atoms with E-state index in [1.54, 1.807) is 30.3 Å². The molecule has 2 aromatic rings. The second-order valence-corrected chi connectivity index (χ2v) is 7.09. The highest BCUT2D eigenvalue weighted by Crippen LogP contribution is 2.30. The minimum atomic E-state index is -3.70. The monoisotopic (exact) mass is 289 g/mol. The average molecular weight is 289 g/mol. The molecule has 1 atom stereocenters. The predicted octanol–water partition coefficient (Wildman–Crippen LogP) is 2.41. The second kappa shape index (κ2) is 4.31. The molecule has 0 fully saturated rings. The molecule has 0 radical (unpaired) electrons. The molecule has 1 aromatic carbocycles. The third-order valence-electron chi connectivity index (χ3n) is 3.72. The van der Waals surface area contributed by atoms with Gasteiger partial charge in [-0.15, -0.1) is 0 Å². The van der Waals surface area contributed by atoms with Gasteiger partial charge in [-0.1, -0.05) is 24.6 Å². The van der Waals surface area contributed by atoms with Gasteiger partial charge < -0.3 is 0 Å². The largest absolute Gasteiger partial charge is 0.292 e. The number of nitrogens with zero attached hydrogens (tertiary/aromatic N) is 1. The van der Waals surface area contributed by atoms with Crippen LogP contribution in [0.3, 0.4) is 0 Å². The summed E-state index contributed by atoms with van der Waals surface area (Å²) < 4.78 is 26.4. The van der Waals surface area contributed by atoms with Crippen molar-refractivity contribution in [3.05, 3.63) is 53.3 Å². The normalized spacial score (nSPS) is 18.3. The van der Waals surface area contributed by atoms with Crippen LogP contribution in [0.25, 0.3) is 0 Å². The predicted molar refractivity (Wildman–Crippen MR) is 75.4 cm³/mol. The molecule has 104 valence electrons. The number of ketones is 1. The van der Waals surface area contributed by atoms with E-state index >= 15 is 0 Å². The number of rotatable bonds is 2. The lowest BCUT2D eigenvalue weighted by Crippen LogP contribution is -2.18. The van der Waals surface area contributed by atoms with Gasteiger partial charge in [-0.05, 0) is 37.1 Å². The number of carbonyl (C=O) groups is 1. The van der Waals surface area contributed by atoms with Crippen molar-refractivity contribution < 1.29 is 13.2 Å². The van der Waals surface area contributed by atoms with Crippen LogP contribution in [-0.4, -0.2) is 18.2 Å². The quantitative estimate of drug-likeness (QED) is 0.853. The number of hydrogen-bond donors (Lipinski definition) is 0. The average Bonchev–Trinajstić information content (AvgIpc) is 2.92. The molecule has 1 aliphatic carbocycles. The third kappa shape index (κ3) is 1.81. The lowest BCUT2D eigenvalue weighted by atomic mass is 10.1. The molecule has 1 aliphatic rings. The zero-order valence-electron chi connectivity index (χ0n) is 11.3. The van der Waals surface area contributed by atoms with Crippen LogP contribution in [-0.2, 0) is 16.4 Å². The number of aromatic nitrogens is 1. The topological polar surface area (TPSA) is 56.1 Å². The highest BCUT2D eigenvalue weighted by molar-refractivity contribution is 7.90. The second-order valence-electron chi connectivity index (χ2n) is 5.27. The Labute approximate surface area is 118 Å². The van der Waals surface area contributed by atoms with Gasteiger partial charge in [0.1, 0.15) is 5.69 Å². The Hall–Kier alpha value is -1.88. The first-order chi connectivity index (χ1) is 9.41. The Morgan fingerprint density at radius 2 is 1.80 bits per heavy atom. The summed E-state index contributed by atoms with van der Waals surface area (Å²) in [4.78, 5) is 12.3. The molecule has 0 N–H and O–H groups in total. The number of aryl methyl sites for hydroxylation is 1. The SMILES string of the molecule is Cc1ccc(S(=O)(=O)n2ccc3c2C(=O)[C@@H](C)C3)cc1. The molecule has 0 amide bonds. The molecular formula is C15H15NO3S.